The quantitative estimate of drug-likeness (QED) is 0.535. The lowest BCUT2D eigenvalue weighted by atomic mass is 10.1. The van der Waals surface area contributed by atoms with E-state index in [2.05, 4.69) is 18.7 Å². The summed E-state index contributed by atoms with van der Waals surface area (Å²) < 4.78 is 10.6. The van der Waals surface area contributed by atoms with Gasteiger partial charge in [0.1, 0.15) is 0 Å². The van der Waals surface area contributed by atoms with Crippen molar-refractivity contribution in [2.45, 2.75) is 32.1 Å². The van der Waals surface area contributed by atoms with Gasteiger partial charge in [0.05, 0.1) is 0 Å². The highest BCUT2D eigenvalue weighted by molar-refractivity contribution is 5.44. The summed E-state index contributed by atoms with van der Waals surface area (Å²) in [7, 11) is 0. The van der Waals surface area contributed by atoms with Crippen LogP contribution < -0.4 is 9.47 Å². The molecule has 0 unspecified atom stereocenters. The molecular weight excluding hydrogens is 200 g/mol. The van der Waals surface area contributed by atoms with Gasteiger partial charge in [0.25, 0.3) is 0 Å². The van der Waals surface area contributed by atoms with E-state index in [0.717, 1.165) is 24.3 Å². The van der Waals surface area contributed by atoms with Crippen molar-refractivity contribution in [3.8, 4) is 11.5 Å². The molecule has 1 aromatic carbocycles. The molecule has 2 rings (SSSR count). The van der Waals surface area contributed by atoms with E-state index in [1.165, 1.54) is 24.8 Å². The van der Waals surface area contributed by atoms with Gasteiger partial charge >= 0.3 is 0 Å². The molecular formula is C14H18O2. The fourth-order valence-electron chi connectivity index (χ4n) is 1.89. The smallest absolute Gasteiger partial charge is 0.231 e. The average Bonchev–Trinajstić information content (AvgIpc) is 2.76. The molecule has 2 nitrogen and oxygen atoms in total. The van der Waals surface area contributed by atoms with E-state index in [0.29, 0.717) is 6.79 Å². The van der Waals surface area contributed by atoms with Gasteiger partial charge in [-0.3, -0.25) is 0 Å². The van der Waals surface area contributed by atoms with Crippen LogP contribution in [0.5, 0.6) is 11.5 Å². The summed E-state index contributed by atoms with van der Waals surface area (Å²) in [5, 5.41) is 0. The van der Waals surface area contributed by atoms with E-state index in [1.54, 1.807) is 0 Å². The molecule has 86 valence electrons. The van der Waals surface area contributed by atoms with Crippen molar-refractivity contribution in [2.75, 3.05) is 6.79 Å². The van der Waals surface area contributed by atoms with Crippen LogP contribution in [0.2, 0.25) is 0 Å². The predicted octanol–water partition coefficient (Wildman–Crippen LogP) is 3.70. The summed E-state index contributed by atoms with van der Waals surface area (Å²) in [4.78, 5) is 0. The maximum Gasteiger partial charge on any atom is 0.231 e. The van der Waals surface area contributed by atoms with E-state index in [9.17, 15) is 0 Å². The van der Waals surface area contributed by atoms with Crippen molar-refractivity contribution in [2.24, 2.45) is 0 Å². The Morgan fingerprint density at radius 1 is 1.12 bits per heavy atom. The summed E-state index contributed by atoms with van der Waals surface area (Å²) in [5.41, 5.74) is 1.34. The van der Waals surface area contributed by atoms with Crippen molar-refractivity contribution >= 4 is 0 Å². The molecule has 0 amide bonds. The number of hydrogen-bond acceptors (Lipinski definition) is 2. The molecule has 2 heteroatoms. The van der Waals surface area contributed by atoms with Gasteiger partial charge in [0.2, 0.25) is 6.79 Å². The highest BCUT2D eigenvalue weighted by Crippen LogP contribution is 2.32. The molecule has 1 aliphatic rings. The van der Waals surface area contributed by atoms with Crippen LogP contribution in [0.1, 0.15) is 31.2 Å². The molecule has 0 spiro atoms. The molecule has 0 saturated carbocycles. The molecule has 0 atom stereocenters. The van der Waals surface area contributed by atoms with Gasteiger partial charge in [-0.1, -0.05) is 18.6 Å². The fraction of sp³-hybridized carbons (Fsp3) is 0.429. The Balaban J connectivity index is 1.79. The van der Waals surface area contributed by atoms with Gasteiger partial charge in [-0.25, -0.2) is 0 Å². The fourth-order valence-corrected chi connectivity index (χ4v) is 1.89. The van der Waals surface area contributed by atoms with E-state index >= 15 is 0 Å². The van der Waals surface area contributed by atoms with Gasteiger partial charge in [-0.15, -0.1) is 6.58 Å². The number of allylic oxidation sites excluding steroid dienone is 1. The Labute approximate surface area is 96.9 Å². The molecule has 0 fully saturated rings. The van der Waals surface area contributed by atoms with Crippen molar-refractivity contribution in [1.82, 2.24) is 0 Å². The lowest BCUT2D eigenvalue weighted by Crippen LogP contribution is -1.93. The predicted molar refractivity (Wildman–Crippen MR) is 64.9 cm³/mol. The van der Waals surface area contributed by atoms with Gasteiger partial charge in [-0.2, -0.15) is 0 Å². The zero-order valence-electron chi connectivity index (χ0n) is 9.58. The standard InChI is InChI=1S/C14H18O2/c1-2-3-4-5-6-7-12-8-9-13-14(10-12)16-11-15-13/h2,8-10H,1,3-7,11H2. The third-order valence-electron chi connectivity index (χ3n) is 2.81. The molecule has 1 aromatic rings. The zero-order valence-corrected chi connectivity index (χ0v) is 9.58. The molecule has 16 heavy (non-hydrogen) atoms. The molecule has 1 heterocycles. The molecule has 0 aliphatic carbocycles. The second kappa shape index (κ2) is 5.59. The van der Waals surface area contributed by atoms with Crippen LogP contribution in [0, 0.1) is 0 Å². The Bertz CT molecular complexity index is 358. The van der Waals surface area contributed by atoms with E-state index in [-0.39, 0.29) is 0 Å². The Hall–Kier alpha value is -1.44. The molecule has 0 saturated heterocycles. The van der Waals surface area contributed by atoms with Crippen LogP contribution in [-0.4, -0.2) is 6.79 Å². The van der Waals surface area contributed by atoms with E-state index in [1.807, 2.05) is 12.1 Å². The number of hydrogen-bond donors (Lipinski definition) is 0. The van der Waals surface area contributed by atoms with Gasteiger partial charge in [-0.05, 0) is 43.4 Å². The zero-order chi connectivity index (χ0) is 11.2. The maximum atomic E-state index is 5.35. The van der Waals surface area contributed by atoms with Crippen molar-refractivity contribution in [3.05, 3.63) is 36.4 Å². The molecule has 0 bridgehead atoms. The monoisotopic (exact) mass is 218 g/mol. The minimum Gasteiger partial charge on any atom is -0.454 e. The summed E-state index contributed by atoms with van der Waals surface area (Å²) >= 11 is 0. The van der Waals surface area contributed by atoms with Crippen LogP contribution in [0.25, 0.3) is 0 Å². The van der Waals surface area contributed by atoms with E-state index in [4.69, 9.17) is 9.47 Å². The number of fused-ring (bicyclic) bond motifs is 1. The van der Waals surface area contributed by atoms with Crippen LogP contribution in [0.4, 0.5) is 0 Å². The first kappa shape index (κ1) is 11.1. The third kappa shape index (κ3) is 2.78. The molecule has 0 aromatic heterocycles. The number of aryl methyl sites for hydroxylation is 1. The van der Waals surface area contributed by atoms with Crippen molar-refractivity contribution in [3.63, 3.8) is 0 Å². The lowest BCUT2D eigenvalue weighted by molar-refractivity contribution is 0.174. The largest absolute Gasteiger partial charge is 0.454 e. The van der Waals surface area contributed by atoms with Crippen LogP contribution in [0.15, 0.2) is 30.9 Å². The first-order chi connectivity index (χ1) is 7.90. The summed E-state index contributed by atoms with van der Waals surface area (Å²) in [6.07, 6.45) is 7.97. The van der Waals surface area contributed by atoms with Gasteiger partial charge < -0.3 is 9.47 Å². The SMILES string of the molecule is C=CCCCCCc1ccc2c(c1)OCO2. The number of unbranched alkanes of at least 4 members (excludes halogenated alkanes) is 3. The van der Waals surface area contributed by atoms with Gasteiger partial charge in [0, 0.05) is 0 Å². The second-order valence-electron chi connectivity index (χ2n) is 4.08. The third-order valence-corrected chi connectivity index (χ3v) is 2.81. The lowest BCUT2D eigenvalue weighted by Gasteiger charge is -2.02. The highest BCUT2D eigenvalue weighted by atomic mass is 16.7. The normalized spacial score (nSPS) is 12.8. The second-order valence-corrected chi connectivity index (χ2v) is 4.08. The van der Waals surface area contributed by atoms with Gasteiger partial charge in [0.15, 0.2) is 11.5 Å². The maximum absolute atomic E-state index is 5.35. The van der Waals surface area contributed by atoms with Crippen molar-refractivity contribution < 1.29 is 9.47 Å². The van der Waals surface area contributed by atoms with E-state index < -0.39 is 0 Å². The Kier molecular flexibility index (Phi) is 3.86. The van der Waals surface area contributed by atoms with Crippen molar-refractivity contribution in [1.29, 1.82) is 0 Å². The molecule has 0 radical (unpaired) electrons. The summed E-state index contributed by atoms with van der Waals surface area (Å²) in [5.74, 6) is 1.76. The Morgan fingerprint density at radius 2 is 2.00 bits per heavy atom. The molecule has 0 N–H and O–H groups in total. The summed E-state index contributed by atoms with van der Waals surface area (Å²) in [6, 6.07) is 6.22. The first-order valence-corrected chi connectivity index (χ1v) is 5.89. The molecule has 1 aliphatic heterocycles. The first-order valence-electron chi connectivity index (χ1n) is 5.89. The Morgan fingerprint density at radius 3 is 2.88 bits per heavy atom. The highest BCUT2D eigenvalue weighted by Gasteiger charge is 2.12. The number of rotatable bonds is 6. The summed E-state index contributed by atoms with van der Waals surface area (Å²) in [6.45, 7) is 4.08. The van der Waals surface area contributed by atoms with Crippen LogP contribution >= 0.6 is 0 Å². The number of benzene rings is 1. The average molecular weight is 218 g/mol. The van der Waals surface area contributed by atoms with Crippen LogP contribution in [0.3, 0.4) is 0 Å². The van der Waals surface area contributed by atoms with Crippen LogP contribution in [-0.2, 0) is 6.42 Å². The minimum absolute atomic E-state index is 0.359. The number of ether oxygens (including phenoxy) is 2. The topological polar surface area (TPSA) is 18.5 Å². The minimum atomic E-state index is 0.359.